The first-order valence-corrected chi connectivity index (χ1v) is 11.7. The number of nitro groups is 1. The topological polar surface area (TPSA) is 113 Å². The van der Waals surface area contributed by atoms with E-state index >= 15 is 0 Å². The number of aromatic nitrogens is 1. The van der Waals surface area contributed by atoms with E-state index in [0.717, 1.165) is 6.42 Å². The molecule has 0 fully saturated rings. The van der Waals surface area contributed by atoms with Crippen molar-refractivity contribution in [1.29, 1.82) is 0 Å². The Kier molecular flexibility index (Phi) is 6.92. The lowest BCUT2D eigenvalue weighted by Crippen LogP contribution is -2.39. The van der Waals surface area contributed by atoms with Gasteiger partial charge in [0.1, 0.15) is 5.75 Å². The summed E-state index contributed by atoms with van der Waals surface area (Å²) in [4.78, 5) is 41.7. The highest BCUT2D eigenvalue weighted by Gasteiger charge is 2.33. The number of benzene rings is 2. The lowest BCUT2D eigenvalue weighted by atomic mass is 9.96. The summed E-state index contributed by atoms with van der Waals surface area (Å²) in [7, 11) is 1.29. The number of nitro benzene ring substituents is 1. The number of non-ortho nitro benzene ring substituents is 1. The summed E-state index contributed by atoms with van der Waals surface area (Å²) in [5, 5.41) is 10.9. The molecule has 0 radical (unpaired) electrons. The number of fused-ring (bicyclic) bond motifs is 1. The summed E-state index contributed by atoms with van der Waals surface area (Å²) in [6.07, 6.45) is 2.53. The molecule has 0 amide bonds. The summed E-state index contributed by atoms with van der Waals surface area (Å²) >= 11 is 1.19. The normalized spacial score (nSPS) is 15.4. The molecule has 1 unspecified atom stereocenters. The number of carbonyl (C=O) groups excluding carboxylic acids is 1. The van der Waals surface area contributed by atoms with Gasteiger partial charge in [-0.1, -0.05) is 30.4 Å². The molecule has 1 aliphatic heterocycles. The number of ether oxygens (including phenoxy) is 2. The number of hydrogen-bond donors (Lipinski definition) is 0. The van der Waals surface area contributed by atoms with Crippen molar-refractivity contribution in [3.05, 3.63) is 101 Å². The number of hydrogen-bond acceptors (Lipinski definition) is 8. The van der Waals surface area contributed by atoms with Crippen LogP contribution in [0.3, 0.4) is 0 Å². The molecule has 35 heavy (non-hydrogen) atoms. The molecule has 0 bridgehead atoms. The van der Waals surface area contributed by atoms with Crippen molar-refractivity contribution < 1.29 is 19.2 Å². The molecule has 1 aliphatic rings. The number of allylic oxidation sites excluding steroid dienone is 1. The molecule has 180 valence electrons. The first kappa shape index (κ1) is 24.1. The summed E-state index contributed by atoms with van der Waals surface area (Å²) in [5.74, 6) is 0.133. The third kappa shape index (κ3) is 4.78. The van der Waals surface area contributed by atoms with E-state index in [2.05, 4.69) is 4.99 Å². The molecule has 3 aromatic rings. The van der Waals surface area contributed by atoms with Crippen LogP contribution in [0.4, 0.5) is 5.69 Å². The first-order chi connectivity index (χ1) is 16.8. The summed E-state index contributed by atoms with van der Waals surface area (Å²) in [6, 6.07) is 12.5. The van der Waals surface area contributed by atoms with E-state index in [4.69, 9.17) is 9.47 Å². The molecule has 1 atom stereocenters. The highest BCUT2D eigenvalue weighted by Crippen LogP contribution is 2.31. The van der Waals surface area contributed by atoms with Crippen LogP contribution in [0.15, 0.2) is 69.6 Å². The van der Waals surface area contributed by atoms with Gasteiger partial charge in [-0.15, -0.1) is 0 Å². The second kappa shape index (κ2) is 10.1. The van der Waals surface area contributed by atoms with Gasteiger partial charge in [-0.05, 0) is 54.8 Å². The van der Waals surface area contributed by atoms with Gasteiger partial charge in [0.25, 0.3) is 11.2 Å². The van der Waals surface area contributed by atoms with Gasteiger partial charge in [0.2, 0.25) is 0 Å². The molecule has 10 heteroatoms. The van der Waals surface area contributed by atoms with Crippen LogP contribution in [0.25, 0.3) is 6.08 Å². The number of carbonyl (C=O) groups is 1. The molecule has 0 spiro atoms. The fourth-order valence-electron chi connectivity index (χ4n) is 3.82. The highest BCUT2D eigenvalue weighted by molar-refractivity contribution is 7.07. The van der Waals surface area contributed by atoms with Crippen LogP contribution in [-0.4, -0.2) is 29.2 Å². The standard InChI is InChI=1S/C25H23N3O6S/c1-4-13-34-19-11-7-17(8-12-19)22-21(24(30)33-3)15(2)26-25-27(22)23(29)20(35-25)14-16-5-9-18(10-6-16)28(31)32/h5-12,14,22H,4,13H2,1-3H3. The van der Waals surface area contributed by atoms with Gasteiger partial charge in [0, 0.05) is 12.1 Å². The fourth-order valence-corrected chi connectivity index (χ4v) is 4.86. The second-order valence-electron chi connectivity index (χ2n) is 7.84. The zero-order chi connectivity index (χ0) is 25.1. The van der Waals surface area contributed by atoms with Crippen LogP contribution < -0.4 is 19.6 Å². The minimum absolute atomic E-state index is 0.0340. The molecule has 0 saturated heterocycles. The summed E-state index contributed by atoms with van der Waals surface area (Å²) in [5.41, 5.74) is 1.75. The lowest BCUT2D eigenvalue weighted by Gasteiger charge is -2.24. The third-order valence-electron chi connectivity index (χ3n) is 5.50. The molecular formula is C25H23N3O6S. The van der Waals surface area contributed by atoms with E-state index in [-0.39, 0.29) is 16.8 Å². The van der Waals surface area contributed by atoms with E-state index < -0.39 is 16.9 Å². The third-order valence-corrected chi connectivity index (χ3v) is 6.48. The Labute approximate surface area is 204 Å². The van der Waals surface area contributed by atoms with Gasteiger partial charge < -0.3 is 9.47 Å². The van der Waals surface area contributed by atoms with E-state index in [1.165, 1.54) is 35.1 Å². The molecule has 1 aromatic heterocycles. The first-order valence-electron chi connectivity index (χ1n) is 10.9. The van der Waals surface area contributed by atoms with E-state index in [1.54, 1.807) is 25.1 Å². The van der Waals surface area contributed by atoms with Crippen LogP contribution in [0.2, 0.25) is 0 Å². The number of nitrogens with zero attached hydrogens (tertiary/aromatic N) is 3. The van der Waals surface area contributed by atoms with Gasteiger partial charge in [-0.3, -0.25) is 19.5 Å². The Bertz CT molecular complexity index is 1480. The molecule has 4 rings (SSSR count). The van der Waals surface area contributed by atoms with Gasteiger partial charge in [-0.2, -0.15) is 0 Å². The number of rotatable bonds is 7. The zero-order valence-corrected chi connectivity index (χ0v) is 20.2. The monoisotopic (exact) mass is 493 g/mol. The molecule has 2 aromatic carbocycles. The van der Waals surface area contributed by atoms with Gasteiger partial charge in [0.05, 0.1) is 40.5 Å². The Morgan fingerprint density at radius 1 is 1.20 bits per heavy atom. The van der Waals surface area contributed by atoms with Crippen LogP contribution in [-0.2, 0) is 9.53 Å². The van der Waals surface area contributed by atoms with Crippen molar-refractivity contribution in [1.82, 2.24) is 4.57 Å². The molecule has 0 aliphatic carbocycles. The Morgan fingerprint density at radius 2 is 1.89 bits per heavy atom. The quantitative estimate of drug-likeness (QED) is 0.284. The number of methoxy groups -OCH3 is 1. The minimum atomic E-state index is -0.724. The number of esters is 1. The number of thiazole rings is 1. The van der Waals surface area contributed by atoms with Crippen LogP contribution in [0.1, 0.15) is 37.4 Å². The van der Waals surface area contributed by atoms with Crippen molar-refractivity contribution in [3.8, 4) is 5.75 Å². The highest BCUT2D eigenvalue weighted by atomic mass is 32.1. The Morgan fingerprint density at radius 3 is 2.49 bits per heavy atom. The molecule has 0 saturated carbocycles. The zero-order valence-electron chi connectivity index (χ0n) is 19.4. The SMILES string of the molecule is CCCOc1ccc(C2C(C(=O)OC)=C(C)N=c3sc(=Cc4ccc([N+](=O)[O-])cc4)c(=O)n32)cc1. The molecule has 2 heterocycles. The largest absolute Gasteiger partial charge is 0.494 e. The van der Waals surface area contributed by atoms with Crippen molar-refractivity contribution in [3.63, 3.8) is 0 Å². The molecule has 9 nitrogen and oxygen atoms in total. The Hall–Kier alpha value is -4.05. The summed E-state index contributed by atoms with van der Waals surface area (Å²) < 4.78 is 12.6. The van der Waals surface area contributed by atoms with E-state index in [1.807, 2.05) is 31.2 Å². The average molecular weight is 494 g/mol. The smallest absolute Gasteiger partial charge is 0.338 e. The predicted octanol–water partition coefficient (Wildman–Crippen LogP) is 3.11. The van der Waals surface area contributed by atoms with Crippen molar-refractivity contribution in [2.75, 3.05) is 13.7 Å². The van der Waals surface area contributed by atoms with Crippen LogP contribution in [0.5, 0.6) is 5.75 Å². The Balaban J connectivity index is 1.85. The minimum Gasteiger partial charge on any atom is -0.494 e. The van der Waals surface area contributed by atoms with Crippen molar-refractivity contribution in [2.24, 2.45) is 4.99 Å². The lowest BCUT2D eigenvalue weighted by molar-refractivity contribution is -0.384. The second-order valence-corrected chi connectivity index (χ2v) is 8.85. The van der Waals surface area contributed by atoms with Crippen LogP contribution in [0, 0.1) is 10.1 Å². The summed E-state index contributed by atoms with van der Waals surface area (Å²) in [6.45, 7) is 4.32. The van der Waals surface area contributed by atoms with Gasteiger partial charge in [0.15, 0.2) is 4.80 Å². The molecular weight excluding hydrogens is 470 g/mol. The van der Waals surface area contributed by atoms with Gasteiger partial charge >= 0.3 is 5.97 Å². The van der Waals surface area contributed by atoms with Crippen LogP contribution >= 0.6 is 11.3 Å². The predicted molar refractivity (Wildman–Crippen MR) is 131 cm³/mol. The average Bonchev–Trinajstić information content (AvgIpc) is 3.16. The van der Waals surface area contributed by atoms with Crippen molar-refractivity contribution in [2.45, 2.75) is 26.3 Å². The maximum Gasteiger partial charge on any atom is 0.338 e. The van der Waals surface area contributed by atoms with E-state index in [0.29, 0.717) is 38.5 Å². The van der Waals surface area contributed by atoms with E-state index in [9.17, 15) is 19.7 Å². The molecule has 0 N–H and O–H groups in total. The van der Waals surface area contributed by atoms with Gasteiger partial charge in [-0.25, -0.2) is 9.79 Å². The van der Waals surface area contributed by atoms with Crippen molar-refractivity contribution >= 4 is 29.1 Å². The maximum atomic E-state index is 13.5. The maximum absolute atomic E-state index is 13.5. The fraction of sp³-hybridized carbons (Fsp3) is 0.240.